The maximum Gasteiger partial charge on any atom is 0.258 e. The number of benzene rings is 3. The van der Waals surface area contributed by atoms with Gasteiger partial charge in [0, 0.05) is 69.8 Å². The number of piperazine rings is 1. The van der Waals surface area contributed by atoms with Gasteiger partial charge in [-0.15, -0.1) is 21.5 Å². The van der Waals surface area contributed by atoms with Crippen LogP contribution in [-0.4, -0.2) is 123 Å². The van der Waals surface area contributed by atoms with Gasteiger partial charge in [-0.2, -0.15) is 0 Å². The molecule has 68 heavy (non-hydrogen) atoms. The van der Waals surface area contributed by atoms with Crippen LogP contribution in [0.3, 0.4) is 0 Å². The summed E-state index contributed by atoms with van der Waals surface area (Å²) in [5.41, 5.74) is 11.0. The van der Waals surface area contributed by atoms with Crippen molar-refractivity contribution in [1.82, 2.24) is 35.6 Å². The molecule has 0 spiro atoms. The molecule has 18 heteroatoms. The highest BCUT2D eigenvalue weighted by atomic mass is 32.1. The average molecular weight is 950 g/mol. The van der Waals surface area contributed by atoms with Gasteiger partial charge in [-0.05, 0) is 72.7 Å². The van der Waals surface area contributed by atoms with Gasteiger partial charge in [0.15, 0.2) is 11.5 Å². The minimum absolute atomic E-state index is 0.0234. The van der Waals surface area contributed by atoms with Gasteiger partial charge in [0.05, 0.1) is 46.8 Å². The standard InChI is InChI=1S/C50H60FN9O7S/c1-31-43(68-30-54-31)33-12-13-34(27-53-46(63)40-25-35(61)29-60(40)47(64)44(49(2,3)4)55-48(65)50(51)16-17-50)42(24-33)67-23-7-22-66-36-14-10-32(11-15-36)28-58-18-20-59(21-19-58)39-26-38(56-57-45(39)52)37-8-5-6-9-41(37)62/h5-6,8-15,24,26,30,35,40,44,61-62H,7,16-23,25,27-29H2,1-4H3,(H2,52,57)(H,53,63)(H,55,65)/t35-,40+,44-/m1/s1. The van der Waals surface area contributed by atoms with Crippen molar-refractivity contribution in [1.29, 1.82) is 0 Å². The molecular weight excluding hydrogens is 890 g/mol. The van der Waals surface area contributed by atoms with E-state index in [1.165, 1.54) is 21.8 Å². The Bertz CT molecular complexity index is 2590. The van der Waals surface area contributed by atoms with E-state index in [1.54, 1.807) is 44.5 Å². The predicted molar refractivity (Wildman–Crippen MR) is 258 cm³/mol. The van der Waals surface area contributed by atoms with Crippen molar-refractivity contribution in [2.75, 3.05) is 56.6 Å². The van der Waals surface area contributed by atoms with Crippen molar-refractivity contribution in [3.8, 4) is 38.9 Å². The number of anilines is 2. The molecule has 6 N–H and O–H groups in total. The molecule has 0 radical (unpaired) electrons. The number of carbonyl (C=O) groups is 3. The first-order chi connectivity index (χ1) is 32.6. The molecule has 16 nitrogen and oxygen atoms in total. The van der Waals surface area contributed by atoms with E-state index in [2.05, 4.69) is 47.7 Å². The Labute approximate surface area is 399 Å². The second kappa shape index (κ2) is 20.5. The molecule has 360 valence electrons. The number of phenolic OH excluding ortho intramolecular Hbond substituents is 1. The Kier molecular flexibility index (Phi) is 14.5. The third kappa shape index (κ3) is 11.3. The van der Waals surface area contributed by atoms with Crippen molar-refractivity contribution in [3.63, 3.8) is 0 Å². The van der Waals surface area contributed by atoms with Crippen LogP contribution in [0, 0.1) is 12.3 Å². The molecule has 3 fully saturated rings. The number of thiazole rings is 1. The van der Waals surface area contributed by atoms with Crippen LogP contribution in [0.15, 0.2) is 78.3 Å². The van der Waals surface area contributed by atoms with Crippen molar-refractivity contribution < 1.29 is 38.5 Å². The molecule has 2 aromatic heterocycles. The number of nitrogens with zero attached hydrogens (tertiary/aromatic N) is 6. The van der Waals surface area contributed by atoms with Crippen LogP contribution >= 0.6 is 11.3 Å². The highest BCUT2D eigenvalue weighted by molar-refractivity contribution is 7.13. The second-order valence-electron chi connectivity index (χ2n) is 18.9. The molecule has 0 bridgehead atoms. The average Bonchev–Trinajstić information content (AvgIpc) is 3.73. The van der Waals surface area contributed by atoms with Gasteiger partial charge >= 0.3 is 0 Å². The summed E-state index contributed by atoms with van der Waals surface area (Å²) in [6, 6.07) is 20.7. The molecule has 3 aromatic carbocycles. The zero-order valence-corrected chi connectivity index (χ0v) is 39.7. The Morgan fingerprint density at radius 2 is 1.72 bits per heavy atom. The van der Waals surface area contributed by atoms with Crippen LogP contribution in [0.4, 0.5) is 15.9 Å². The van der Waals surface area contributed by atoms with E-state index in [-0.39, 0.29) is 38.1 Å². The lowest BCUT2D eigenvalue weighted by molar-refractivity contribution is -0.145. The van der Waals surface area contributed by atoms with Crippen LogP contribution in [0.25, 0.3) is 21.7 Å². The van der Waals surface area contributed by atoms with Crippen LogP contribution in [0.5, 0.6) is 17.2 Å². The quantitative estimate of drug-likeness (QED) is 0.0716. The fraction of sp³-hybridized carbons (Fsp3) is 0.440. The number of aliphatic hydroxyl groups is 1. The Hall–Kier alpha value is -6.37. The Morgan fingerprint density at radius 3 is 2.41 bits per heavy atom. The van der Waals surface area contributed by atoms with Crippen LogP contribution in [0.2, 0.25) is 0 Å². The zero-order chi connectivity index (χ0) is 48.2. The van der Waals surface area contributed by atoms with Crippen molar-refractivity contribution in [3.05, 3.63) is 95.1 Å². The van der Waals surface area contributed by atoms with E-state index >= 15 is 0 Å². The number of aromatic hydroxyl groups is 1. The van der Waals surface area contributed by atoms with E-state index in [4.69, 9.17) is 15.2 Å². The lowest BCUT2D eigenvalue weighted by atomic mass is 9.85. The van der Waals surface area contributed by atoms with Crippen molar-refractivity contribution in [2.45, 2.75) is 90.3 Å². The third-order valence-electron chi connectivity index (χ3n) is 12.7. The normalized spacial score (nSPS) is 18.5. The number of ether oxygens (including phenoxy) is 2. The number of likely N-dealkylation sites (tertiary alicyclic amines) is 1. The van der Waals surface area contributed by atoms with E-state index in [0.717, 1.165) is 60.3 Å². The number of aliphatic hydroxyl groups excluding tert-OH is 1. The SMILES string of the molecule is Cc1ncsc1-c1ccc(CNC(=O)[C@@H]2C[C@@H](O)CN2C(=O)[C@@H](NC(=O)C2(F)CC2)C(C)(C)C)c(OCCCOc2ccc(CN3CCN(c4cc(-c5ccccc5O)nnc4N)CC3)cc2)c1. The molecule has 0 unspecified atom stereocenters. The molecule has 3 atom stereocenters. The largest absolute Gasteiger partial charge is 0.507 e. The van der Waals surface area contributed by atoms with Gasteiger partial charge in [0.25, 0.3) is 5.91 Å². The molecular formula is C50H60FN9O7S. The van der Waals surface area contributed by atoms with E-state index in [0.29, 0.717) is 48.0 Å². The number of alkyl halides is 1. The van der Waals surface area contributed by atoms with E-state index in [1.807, 2.05) is 49.4 Å². The topological polar surface area (TPSA) is 209 Å². The van der Waals surface area contributed by atoms with Gasteiger partial charge in [-0.3, -0.25) is 19.3 Å². The highest BCUT2D eigenvalue weighted by Gasteiger charge is 2.53. The number of nitrogens with one attached hydrogen (secondary N) is 2. The number of rotatable bonds is 17. The zero-order valence-electron chi connectivity index (χ0n) is 38.9. The van der Waals surface area contributed by atoms with Crippen molar-refractivity contribution >= 4 is 40.6 Å². The number of hydrogen-bond donors (Lipinski definition) is 5. The molecule has 1 saturated carbocycles. The fourth-order valence-electron chi connectivity index (χ4n) is 8.57. The fourth-order valence-corrected chi connectivity index (χ4v) is 9.37. The number of phenols is 1. The minimum atomic E-state index is -1.97. The number of amides is 3. The molecule has 2 saturated heterocycles. The van der Waals surface area contributed by atoms with E-state index in [9.17, 15) is 29.0 Å². The van der Waals surface area contributed by atoms with Gasteiger partial charge in [-0.25, -0.2) is 9.37 Å². The monoisotopic (exact) mass is 949 g/mol. The number of halogens is 1. The molecule has 5 aromatic rings. The summed E-state index contributed by atoms with van der Waals surface area (Å²) in [6.45, 7) is 12.0. The van der Waals surface area contributed by atoms with E-state index < -0.39 is 47.0 Å². The third-order valence-corrected chi connectivity index (χ3v) is 13.7. The van der Waals surface area contributed by atoms with Crippen molar-refractivity contribution in [2.24, 2.45) is 5.41 Å². The lowest BCUT2D eigenvalue weighted by Crippen LogP contribution is -2.59. The molecule has 3 amide bonds. The number of aryl methyl sites for hydroxylation is 1. The Balaban J connectivity index is 0.827. The first-order valence-electron chi connectivity index (χ1n) is 23.1. The number of para-hydroxylation sites is 1. The Morgan fingerprint density at radius 1 is 0.985 bits per heavy atom. The summed E-state index contributed by atoms with van der Waals surface area (Å²) in [7, 11) is 0. The predicted octanol–water partition coefficient (Wildman–Crippen LogP) is 5.64. The number of nitrogen functional groups attached to an aromatic ring is 1. The maximum atomic E-state index is 14.6. The number of carbonyl (C=O) groups excluding carboxylic acids is 3. The van der Waals surface area contributed by atoms with Crippen LogP contribution in [-0.2, 0) is 27.5 Å². The van der Waals surface area contributed by atoms with Gasteiger partial charge in [0.1, 0.15) is 29.3 Å². The molecule has 3 aliphatic rings. The van der Waals surface area contributed by atoms with Crippen LogP contribution < -0.4 is 30.7 Å². The number of β-amino-alcohol motifs (C(OH)–C–C–N with tert-alkyl or cyclic N) is 1. The lowest BCUT2D eigenvalue weighted by Gasteiger charge is -2.36. The summed E-state index contributed by atoms with van der Waals surface area (Å²) < 4.78 is 27.1. The maximum absolute atomic E-state index is 14.6. The second-order valence-corrected chi connectivity index (χ2v) is 19.8. The summed E-state index contributed by atoms with van der Waals surface area (Å²) in [5.74, 6) is -0.00369. The summed E-state index contributed by atoms with van der Waals surface area (Å²) in [6.07, 6.45) is -0.125. The molecule has 8 rings (SSSR count). The number of aromatic nitrogens is 3. The summed E-state index contributed by atoms with van der Waals surface area (Å²) in [4.78, 5) is 51.7. The summed E-state index contributed by atoms with van der Waals surface area (Å²) in [5, 5.41) is 34.9. The smallest absolute Gasteiger partial charge is 0.258 e. The van der Waals surface area contributed by atoms with Crippen LogP contribution in [0.1, 0.15) is 63.3 Å². The van der Waals surface area contributed by atoms with Gasteiger partial charge < -0.3 is 45.9 Å². The summed E-state index contributed by atoms with van der Waals surface area (Å²) >= 11 is 1.52. The number of hydrogen-bond acceptors (Lipinski definition) is 14. The van der Waals surface area contributed by atoms with Gasteiger partial charge in [0.2, 0.25) is 11.8 Å². The molecule has 4 heterocycles. The first kappa shape index (κ1) is 48.1. The molecule has 1 aliphatic carbocycles. The highest BCUT2D eigenvalue weighted by Crippen LogP contribution is 2.41. The minimum Gasteiger partial charge on any atom is -0.507 e. The first-order valence-corrected chi connectivity index (χ1v) is 24.0. The van der Waals surface area contributed by atoms with Gasteiger partial charge in [-0.1, -0.05) is 57.2 Å². The number of nitrogens with two attached hydrogens (primary N) is 1. The molecule has 2 aliphatic heterocycles.